The molecule has 19 heavy (non-hydrogen) atoms. The smallest absolute Gasteiger partial charge is 0.310 e. The number of aromatic nitrogens is 4. The summed E-state index contributed by atoms with van der Waals surface area (Å²) in [7, 11) is 0. The molecule has 6 heteroatoms. The largest absolute Gasteiger partial charge is 0.411 e. The molecule has 100 valence electrons. The Balaban J connectivity index is 1.63. The predicted octanol–water partition coefficient (Wildman–Crippen LogP) is 2.14. The van der Waals surface area contributed by atoms with Gasteiger partial charge in [0.15, 0.2) is 0 Å². The normalized spacial score (nSPS) is 18.9. The molecular weight excluding hydrogens is 247 g/mol. The van der Waals surface area contributed by atoms with Gasteiger partial charge in [-0.05, 0) is 31.6 Å². The van der Waals surface area contributed by atoms with Crippen LogP contribution in [0.25, 0.3) is 11.2 Å². The van der Waals surface area contributed by atoms with E-state index in [2.05, 4.69) is 27.1 Å². The average Bonchev–Trinajstić information content (AvgIpc) is 2.83. The molecular formula is C13H15FN4O. The minimum absolute atomic E-state index is 0.367. The first-order valence-corrected chi connectivity index (χ1v) is 6.48. The number of rotatable bonds is 4. The van der Waals surface area contributed by atoms with Gasteiger partial charge in [0.1, 0.15) is 18.5 Å². The van der Waals surface area contributed by atoms with Crippen molar-refractivity contribution < 1.29 is 9.23 Å². The van der Waals surface area contributed by atoms with Crippen molar-refractivity contribution in [2.45, 2.75) is 25.7 Å². The van der Waals surface area contributed by atoms with E-state index in [4.69, 9.17) is 4.84 Å². The van der Waals surface area contributed by atoms with Crippen molar-refractivity contribution >= 4 is 11.2 Å². The monoisotopic (exact) mass is 262 g/mol. The summed E-state index contributed by atoms with van der Waals surface area (Å²) < 4.78 is 14.4. The van der Waals surface area contributed by atoms with Gasteiger partial charge in [0, 0.05) is 0 Å². The van der Waals surface area contributed by atoms with Crippen LogP contribution in [0.3, 0.4) is 0 Å². The summed E-state index contributed by atoms with van der Waals surface area (Å²) in [4.78, 5) is 16.8. The molecule has 1 unspecified atom stereocenters. The van der Waals surface area contributed by atoms with Gasteiger partial charge in [-0.15, -0.1) is 0 Å². The molecule has 0 N–H and O–H groups in total. The Hall–Kier alpha value is -1.98. The second kappa shape index (κ2) is 5.34. The van der Waals surface area contributed by atoms with Gasteiger partial charge in [-0.3, -0.25) is 0 Å². The molecule has 1 aliphatic carbocycles. The molecule has 0 saturated carbocycles. The molecule has 1 atom stereocenters. The molecule has 0 aliphatic heterocycles. The summed E-state index contributed by atoms with van der Waals surface area (Å²) in [6, 6.07) is 0. The second-order valence-corrected chi connectivity index (χ2v) is 4.66. The third-order valence-electron chi connectivity index (χ3n) is 3.30. The van der Waals surface area contributed by atoms with Crippen LogP contribution in [0.15, 0.2) is 24.7 Å². The lowest BCUT2D eigenvalue weighted by molar-refractivity contribution is 0.107. The van der Waals surface area contributed by atoms with E-state index in [1.165, 1.54) is 36.5 Å². The van der Waals surface area contributed by atoms with E-state index in [0.717, 1.165) is 6.42 Å². The van der Waals surface area contributed by atoms with Gasteiger partial charge in [-0.1, -0.05) is 12.2 Å². The zero-order valence-electron chi connectivity index (χ0n) is 10.5. The molecule has 1 aliphatic rings. The van der Waals surface area contributed by atoms with Gasteiger partial charge in [-0.25, -0.2) is 9.97 Å². The highest BCUT2D eigenvalue weighted by atomic mass is 19.1. The highest BCUT2D eigenvalue weighted by molar-refractivity contribution is 5.68. The fourth-order valence-corrected chi connectivity index (χ4v) is 2.29. The molecule has 0 amide bonds. The van der Waals surface area contributed by atoms with Gasteiger partial charge in [0.25, 0.3) is 0 Å². The first-order chi connectivity index (χ1) is 9.33. The molecule has 0 spiro atoms. The fourth-order valence-electron chi connectivity index (χ4n) is 2.29. The number of hydrogen-bond donors (Lipinski definition) is 0. The highest BCUT2D eigenvalue weighted by Crippen LogP contribution is 2.19. The first kappa shape index (κ1) is 12.1. The zero-order chi connectivity index (χ0) is 13.1. The molecule has 0 radical (unpaired) electrons. The third-order valence-corrected chi connectivity index (χ3v) is 3.30. The number of hydrogen-bond acceptors (Lipinski definition) is 4. The van der Waals surface area contributed by atoms with E-state index >= 15 is 0 Å². The fraction of sp³-hybridized carbons (Fsp3) is 0.462. The molecule has 2 aromatic rings. The Morgan fingerprint density at radius 2 is 2.37 bits per heavy atom. The molecule has 0 fully saturated rings. The van der Waals surface area contributed by atoms with E-state index in [-0.39, 0.29) is 0 Å². The minimum atomic E-state index is -0.770. The number of halogens is 1. The number of imidazole rings is 1. The summed E-state index contributed by atoms with van der Waals surface area (Å²) in [5, 5.41) is 0. The number of nitrogens with zero attached hydrogens (tertiary/aromatic N) is 4. The SMILES string of the molecule is Fc1ncc2ncn(OCCC3C=CCCC3)c2n1. The van der Waals surface area contributed by atoms with Gasteiger partial charge < -0.3 is 4.84 Å². The van der Waals surface area contributed by atoms with E-state index in [9.17, 15) is 4.39 Å². The van der Waals surface area contributed by atoms with Crippen LogP contribution in [-0.4, -0.2) is 26.3 Å². The van der Waals surface area contributed by atoms with Crippen LogP contribution < -0.4 is 4.84 Å². The number of allylic oxidation sites excluding steroid dienone is 2. The maximum atomic E-state index is 13.0. The van der Waals surface area contributed by atoms with Crippen molar-refractivity contribution in [1.29, 1.82) is 0 Å². The quantitative estimate of drug-likeness (QED) is 0.625. The zero-order valence-corrected chi connectivity index (χ0v) is 10.5. The lowest BCUT2D eigenvalue weighted by Crippen LogP contribution is -2.15. The van der Waals surface area contributed by atoms with Crippen LogP contribution in [0.2, 0.25) is 0 Å². The van der Waals surface area contributed by atoms with Crippen LogP contribution in [0.4, 0.5) is 4.39 Å². The van der Waals surface area contributed by atoms with Gasteiger partial charge in [0.05, 0.1) is 6.20 Å². The highest BCUT2D eigenvalue weighted by Gasteiger charge is 2.10. The van der Waals surface area contributed by atoms with Gasteiger partial charge in [-0.2, -0.15) is 14.1 Å². The summed E-state index contributed by atoms with van der Waals surface area (Å²) in [5.41, 5.74) is 0.894. The maximum Gasteiger partial charge on any atom is 0.310 e. The Morgan fingerprint density at radius 1 is 1.42 bits per heavy atom. The maximum absolute atomic E-state index is 13.0. The number of fused-ring (bicyclic) bond motifs is 1. The van der Waals surface area contributed by atoms with Gasteiger partial charge in [0.2, 0.25) is 5.65 Å². The summed E-state index contributed by atoms with van der Waals surface area (Å²) in [6.45, 7) is 0.562. The third kappa shape index (κ3) is 2.72. The Morgan fingerprint density at radius 3 is 3.21 bits per heavy atom. The first-order valence-electron chi connectivity index (χ1n) is 6.48. The molecule has 2 heterocycles. The van der Waals surface area contributed by atoms with Crippen molar-refractivity contribution in [3.8, 4) is 0 Å². The van der Waals surface area contributed by atoms with Crippen molar-refractivity contribution in [3.63, 3.8) is 0 Å². The summed E-state index contributed by atoms with van der Waals surface area (Å²) in [6.07, 6.45) is 11.1. The van der Waals surface area contributed by atoms with Crippen molar-refractivity contribution in [2.75, 3.05) is 6.61 Å². The van der Waals surface area contributed by atoms with Crippen molar-refractivity contribution in [1.82, 2.24) is 19.7 Å². The van der Waals surface area contributed by atoms with Crippen LogP contribution in [0, 0.1) is 12.0 Å². The van der Waals surface area contributed by atoms with E-state index in [1.807, 2.05) is 0 Å². The minimum Gasteiger partial charge on any atom is -0.411 e. The topological polar surface area (TPSA) is 52.8 Å². The van der Waals surface area contributed by atoms with Gasteiger partial charge >= 0.3 is 6.08 Å². The Kier molecular flexibility index (Phi) is 3.39. The second-order valence-electron chi connectivity index (χ2n) is 4.66. The summed E-state index contributed by atoms with van der Waals surface area (Å²) in [5.74, 6) is 0.579. The lowest BCUT2D eigenvalue weighted by atomic mass is 9.93. The average molecular weight is 262 g/mol. The standard InChI is InChI=1S/C13H15FN4O/c14-13-15-8-11-12(17-13)18(9-16-11)19-7-6-10-4-2-1-3-5-10/h2,4,8-10H,1,3,5-7H2. The Bertz CT molecular complexity index is 595. The molecule has 5 nitrogen and oxygen atoms in total. The van der Waals surface area contributed by atoms with Crippen molar-refractivity contribution in [3.05, 3.63) is 30.8 Å². The van der Waals surface area contributed by atoms with Crippen LogP contribution in [0.5, 0.6) is 0 Å². The molecule has 0 aromatic carbocycles. The van der Waals surface area contributed by atoms with Crippen molar-refractivity contribution in [2.24, 2.45) is 5.92 Å². The Labute approximate surface area is 110 Å². The predicted molar refractivity (Wildman–Crippen MR) is 67.8 cm³/mol. The molecule has 2 aromatic heterocycles. The molecule has 3 rings (SSSR count). The van der Waals surface area contributed by atoms with E-state index < -0.39 is 6.08 Å². The van der Waals surface area contributed by atoms with Crippen LogP contribution in [-0.2, 0) is 0 Å². The summed E-state index contributed by atoms with van der Waals surface area (Å²) >= 11 is 0. The molecule has 0 saturated heterocycles. The lowest BCUT2D eigenvalue weighted by Gasteiger charge is -2.16. The van der Waals surface area contributed by atoms with Crippen LogP contribution in [0.1, 0.15) is 25.7 Å². The molecule has 0 bridgehead atoms. The van der Waals surface area contributed by atoms with Crippen LogP contribution >= 0.6 is 0 Å². The van der Waals surface area contributed by atoms with E-state index in [1.54, 1.807) is 0 Å². The van der Waals surface area contributed by atoms with E-state index in [0.29, 0.717) is 23.7 Å².